The fourth-order valence-corrected chi connectivity index (χ4v) is 2.57. The lowest BCUT2D eigenvalue weighted by atomic mass is 10.2. The van der Waals surface area contributed by atoms with Gasteiger partial charge in [-0.2, -0.15) is 0 Å². The van der Waals surface area contributed by atoms with Crippen LogP contribution in [0.4, 0.5) is 0 Å². The molecule has 122 valence electrons. The second-order valence-electron chi connectivity index (χ2n) is 4.46. The topological polar surface area (TPSA) is 97.8 Å². The summed E-state index contributed by atoms with van der Waals surface area (Å²) in [5, 5.41) is 11.8. The second kappa shape index (κ2) is 8.25. The van der Waals surface area contributed by atoms with Crippen LogP contribution in [-0.4, -0.2) is 48.8 Å². The number of hydrogen-bond donors (Lipinski definition) is 2. The van der Waals surface area contributed by atoms with Crippen molar-refractivity contribution >= 4 is 23.2 Å². The number of carboxylic acid groups (broad SMARTS) is 1. The quantitative estimate of drug-likeness (QED) is 0.711. The summed E-state index contributed by atoms with van der Waals surface area (Å²) in [6.07, 6.45) is 1.51. The number of carboxylic acids is 1. The van der Waals surface area contributed by atoms with E-state index in [0.717, 1.165) is 16.3 Å². The van der Waals surface area contributed by atoms with Crippen LogP contribution >= 0.6 is 11.3 Å². The molecule has 0 radical (unpaired) electrons. The number of carbonyl (C=O) groups is 2. The number of amides is 1. The van der Waals surface area contributed by atoms with Crippen molar-refractivity contribution in [3.8, 4) is 16.3 Å². The van der Waals surface area contributed by atoms with Crippen LogP contribution in [0.3, 0.4) is 0 Å². The smallest absolute Gasteiger partial charge is 0.329 e. The molecule has 8 heteroatoms. The van der Waals surface area contributed by atoms with Gasteiger partial charge in [0, 0.05) is 12.1 Å². The molecule has 23 heavy (non-hydrogen) atoms. The summed E-state index contributed by atoms with van der Waals surface area (Å²) in [5.41, 5.74) is 0.902. The molecule has 0 aliphatic carbocycles. The molecule has 0 saturated heterocycles. The first-order valence-corrected chi connectivity index (χ1v) is 7.60. The SMILES string of the molecule is COc1ccc(-c2ncc(C(=O)NCCOCC(=O)O)s2)cc1. The van der Waals surface area contributed by atoms with Crippen molar-refractivity contribution in [2.24, 2.45) is 0 Å². The van der Waals surface area contributed by atoms with Gasteiger partial charge in [0.15, 0.2) is 0 Å². The number of aromatic nitrogens is 1. The van der Waals surface area contributed by atoms with E-state index in [0.29, 0.717) is 4.88 Å². The Morgan fingerprint density at radius 3 is 2.70 bits per heavy atom. The first-order valence-electron chi connectivity index (χ1n) is 6.78. The van der Waals surface area contributed by atoms with Gasteiger partial charge in [-0.15, -0.1) is 11.3 Å². The van der Waals surface area contributed by atoms with E-state index in [9.17, 15) is 9.59 Å². The minimum atomic E-state index is -1.04. The number of nitrogens with one attached hydrogen (secondary N) is 1. The fourth-order valence-electron chi connectivity index (χ4n) is 1.73. The Morgan fingerprint density at radius 2 is 2.04 bits per heavy atom. The third kappa shape index (κ3) is 5.04. The van der Waals surface area contributed by atoms with Crippen LogP contribution in [0.25, 0.3) is 10.6 Å². The Hall–Kier alpha value is -2.45. The highest BCUT2D eigenvalue weighted by Crippen LogP contribution is 2.26. The highest BCUT2D eigenvalue weighted by Gasteiger charge is 2.11. The lowest BCUT2D eigenvalue weighted by Gasteiger charge is -2.03. The van der Waals surface area contributed by atoms with Crippen LogP contribution in [0.5, 0.6) is 5.75 Å². The third-order valence-electron chi connectivity index (χ3n) is 2.82. The van der Waals surface area contributed by atoms with Crippen molar-refractivity contribution in [2.75, 3.05) is 26.9 Å². The highest BCUT2D eigenvalue weighted by molar-refractivity contribution is 7.16. The minimum absolute atomic E-state index is 0.141. The van der Waals surface area contributed by atoms with Crippen molar-refractivity contribution in [3.63, 3.8) is 0 Å². The summed E-state index contributed by atoms with van der Waals surface area (Å²) in [4.78, 5) is 26.9. The molecule has 1 heterocycles. The van der Waals surface area contributed by atoms with E-state index in [1.54, 1.807) is 7.11 Å². The molecule has 0 spiro atoms. The molecule has 1 amide bonds. The Bertz CT molecular complexity index is 669. The zero-order valence-electron chi connectivity index (χ0n) is 12.4. The van der Waals surface area contributed by atoms with Crippen LogP contribution in [0.2, 0.25) is 0 Å². The summed E-state index contributed by atoms with van der Waals surface area (Å²) >= 11 is 1.28. The Kier molecular flexibility index (Phi) is 6.07. The molecule has 0 bridgehead atoms. The third-order valence-corrected chi connectivity index (χ3v) is 3.87. The molecule has 2 aromatic rings. The van der Waals surface area contributed by atoms with Crippen LogP contribution in [0.15, 0.2) is 30.5 Å². The van der Waals surface area contributed by atoms with E-state index in [1.165, 1.54) is 17.5 Å². The summed E-state index contributed by atoms with van der Waals surface area (Å²) in [6, 6.07) is 7.41. The molecule has 0 atom stereocenters. The van der Waals surface area contributed by atoms with Crippen LogP contribution in [-0.2, 0) is 9.53 Å². The fraction of sp³-hybridized carbons (Fsp3) is 0.267. The largest absolute Gasteiger partial charge is 0.497 e. The molecule has 7 nitrogen and oxygen atoms in total. The predicted octanol–water partition coefficient (Wildman–Crippen LogP) is 1.65. The van der Waals surface area contributed by atoms with Gasteiger partial charge >= 0.3 is 5.97 Å². The van der Waals surface area contributed by atoms with E-state index in [2.05, 4.69) is 10.3 Å². The van der Waals surface area contributed by atoms with E-state index < -0.39 is 5.97 Å². The first-order chi connectivity index (χ1) is 11.1. The molecule has 0 aliphatic rings. The molecule has 0 saturated carbocycles. The monoisotopic (exact) mass is 336 g/mol. The number of nitrogens with zero attached hydrogens (tertiary/aromatic N) is 1. The van der Waals surface area contributed by atoms with Gasteiger partial charge in [-0.3, -0.25) is 4.79 Å². The van der Waals surface area contributed by atoms with Crippen LogP contribution in [0, 0.1) is 0 Å². The number of carbonyl (C=O) groups excluding carboxylic acids is 1. The van der Waals surface area contributed by atoms with Gasteiger partial charge in [0.05, 0.1) is 19.9 Å². The molecule has 0 fully saturated rings. The van der Waals surface area contributed by atoms with Gasteiger partial charge in [0.25, 0.3) is 5.91 Å². The molecular weight excluding hydrogens is 320 g/mol. The van der Waals surface area contributed by atoms with Gasteiger partial charge in [0.2, 0.25) is 0 Å². The zero-order valence-corrected chi connectivity index (χ0v) is 13.3. The van der Waals surface area contributed by atoms with E-state index in [1.807, 2.05) is 24.3 Å². The van der Waals surface area contributed by atoms with Crippen molar-refractivity contribution in [3.05, 3.63) is 35.3 Å². The molecule has 2 N–H and O–H groups in total. The lowest BCUT2D eigenvalue weighted by Crippen LogP contribution is -2.27. The summed E-state index contributed by atoms with van der Waals surface area (Å²) < 4.78 is 9.94. The predicted molar refractivity (Wildman–Crippen MR) is 84.9 cm³/mol. The minimum Gasteiger partial charge on any atom is -0.497 e. The molecule has 0 unspecified atom stereocenters. The number of ether oxygens (including phenoxy) is 2. The van der Waals surface area contributed by atoms with Crippen LogP contribution in [0.1, 0.15) is 9.67 Å². The standard InChI is InChI=1S/C15H16N2O5S/c1-21-11-4-2-10(3-5-11)15-17-8-12(23-15)14(20)16-6-7-22-9-13(18)19/h2-5,8H,6-7,9H2,1H3,(H,16,20)(H,18,19). The summed E-state index contributed by atoms with van der Waals surface area (Å²) in [5.74, 6) is -0.547. The maximum absolute atomic E-state index is 12.0. The number of benzene rings is 1. The summed E-state index contributed by atoms with van der Waals surface area (Å²) in [6.45, 7) is 0.00209. The lowest BCUT2D eigenvalue weighted by molar-refractivity contribution is -0.142. The van der Waals surface area contributed by atoms with Crippen molar-refractivity contribution in [1.82, 2.24) is 10.3 Å². The van der Waals surface area contributed by atoms with Gasteiger partial charge in [-0.25, -0.2) is 9.78 Å². The number of methoxy groups -OCH3 is 1. The first kappa shape index (κ1) is 16.9. The second-order valence-corrected chi connectivity index (χ2v) is 5.49. The Labute approximate surface area is 136 Å². The molecule has 2 rings (SSSR count). The van der Waals surface area contributed by atoms with Gasteiger partial charge in [-0.1, -0.05) is 0 Å². The molecular formula is C15H16N2O5S. The molecule has 1 aromatic heterocycles. The molecule has 0 aliphatic heterocycles. The van der Waals surface area contributed by atoms with Crippen molar-refractivity contribution < 1.29 is 24.2 Å². The van der Waals surface area contributed by atoms with E-state index in [-0.39, 0.29) is 25.7 Å². The van der Waals surface area contributed by atoms with Crippen LogP contribution < -0.4 is 10.1 Å². The highest BCUT2D eigenvalue weighted by atomic mass is 32.1. The van der Waals surface area contributed by atoms with Gasteiger partial charge in [0.1, 0.15) is 22.2 Å². The number of thiazole rings is 1. The number of rotatable bonds is 8. The maximum atomic E-state index is 12.0. The van der Waals surface area contributed by atoms with Crippen molar-refractivity contribution in [1.29, 1.82) is 0 Å². The van der Waals surface area contributed by atoms with E-state index in [4.69, 9.17) is 14.6 Å². The van der Waals surface area contributed by atoms with E-state index >= 15 is 0 Å². The van der Waals surface area contributed by atoms with Crippen molar-refractivity contribution in [2.45, 2.75) is 0 Å². The Morgan fingerprint density at radius 1 is 1.30 bits per heavy atom. The van der Waals surface area contributed by atoms with Gasteiger partial charge in [-0.05, 0) is 24.3 Å². The molecule has 1 aromatic carbocycles. The number of hydrogen-bond acceptors (Lipinski definition) is 6. The average Bonchev–Trinajstić information content (AvgIpc) is 3.04. The number of aliphatic carboxylic acids is 1. The average molecular weight is 336 g/mol. The summed E-state index contributed by atoms with van der Waals surface area (Å²) in [7, 11) is 1.60. The van der Waals surface area contributed by atoms with Gasteiger partial charge < -0.3 is 19.9 Å². The maximum Gasteiger partial charge on any atom is 0.329 e. The Balaban J connectivity index is 1.87. The normalized spacial score (nSPS) is 10.3. The zero-order chi connectivity index (χ0) is 16.7.